The van der Waals surface area contributed by atoms with E-state index in [0.717, 1.165) is 21.3 Å². The highest BCUT2D eigenvalue weighted by Gasteiger charge is 2.57. The predicted molar refractivity (Wildman–Crippen MR) is 149 cm³/mol. The van der Waals surface area contributed by atoms with Gasteiger partial charge in [-0.1, -0.05) is 44.5 Å². The van der Waals surface area contributed by atoms with Crippen LogP contribution in [-0.2, 0) is 19.8 Å². The van der Waals surface area contributed by atoms with Gasteiger partial charge in [0.05, 0.1) is 24.3 Å². The van der Waals surface area contributed by atoms with Crippen LogP contribution in [0.15, 0.2) is 40.2 Å². The molecule has 2 aromatic rings. The maximum Gasteiger partial charge on any atom is 0.237 e. The van der Waals surface area contributed by atoms with Crippen LogP contribution < -0.4 is 16.4 Å². The van der Waals surface area contributed by atoms with Crippen LogP contribution in [-0.4, -0.2) is 43.0 Å². The van der Waals surface area contributed by atoms with Gasteiger partial charge in [-0.05, 0) is 71.8 Å². The van der Waals surface area contributed by atoms with Gasteiger partial charge in [0.15, 0.2) is 5.79 Å². The average molecular weight is 599 g/mol. The van der Waals surface area contributed by atoms with E-state index in [4.69, 9.17) is 26.8 Å². The van der Waals surface area contributed by atoms with Crippen molar-refractivity contribution in [3.05, 3.63) is 55.6 Å². The molecule has 4 rings (SSSR count). The summed E-state index contributed by atoms with van der Waals surface area (Å²) in [7, 11) is 0. The van der Waals surface area contributed by atoms with Crippen LogP contribution in [0.5, 0.6) is 0 Å². The molecule has 6 nitrogen and oxygen atoms in total. The summed E-state index contributed by atoms with van der Waals surface area (Å²) in [6.07, 6.45) is 1.45. The van der Waals surface area contributed by atoms with E-state index in [0.29, 0.717) is 24.6 Å². The molecule has 5 atom stereocenters. The molecular formula is C27H37BrClN3O3S. The first-order valence-corrected chi connectivity index (χ1v) is 14.5. The molecule has 0 radical (unpaired) electrons. The second-order valence-electron chi connectivity index (χ2n) is 11.6. The molecule has 9 heteroatoms. The molecule has 2 saturated heterocycles. The fraction of sp³-hybridized carbons (Fsp3) is 0.593. The Bertz CT molecular complexity index is 1090. The Morgan fingerprint density at radius 2 is 2.08 bits per heavy atom. The lowest BCUT2D eigenvalue weighted by molar-refractivity contribution is -0.138. The first-order valence-electron chi connectivity index (χ1n) is 12.4. The molecule has 2 aliphatic rings. The number of rotatable bonds is 7. The second-order valence-corrected chi connectivity index (χ2v) is 13.9. The van der Waals surface area contributed by atoms with Crippen molar-refractivity contribution in [1.29, 1.82) is 0 Å². The largest absolute Gasteiger partial charge is 0.355 e. The lowest BCUT2D eigenvalue weighted by atomic mass is 9.71. The summed E-state index contributed by atoms with van der Waals surface area (Å²) in [6, 6.07) is 9.18. The summed E-state index contributed by atoms with van der Waals surface area (Å²) in [4.78, 5) is 14.7. The molecule has 0 saturated carbocycles. The Balaban J connectivity index is 1.64. The van der Waals surface area contributed by atoms with Gasteiger partial charge in [0.25, 0.3) is 0 Å². The summed E-state index contributed by atoms with van der Waals surface area (Å²) >= 11 is 11.6. The molecule has 4 N–H and O–H groups in total. The maximum atomic E-state index is 13.7. The Hall–Kier alpha value is -1.000. The molecule has 2 fully saturated rings. The fourth-order valence-electron chi connectivity index (χ4n) is 5.42. The Morgan fingerprint density at radius 1 is 1.33 bits per heavy atom. The molecular weight excluding hydrogens is 562 g/mol. The lowest BCUT2D eigenvalue weighted by Gasteiger charge is -2.38. The molecule has 3 heterocycles. The summed E-state index contributed by atoms with van der Waals surface area (Å²) in [5.74, 6) is -0.952. The van der Waals surface area contributed by atoms with E-state index >= 15 is 0 Å². The first kappa shape index (κ1) is 28.0. The van der Waals surface area contributed by atoms with Gasteiger partial charge in [-0.15, -0.1) is 11.3 Å². The second kappa shape index (κ2) is 10.6. The molecule has 2 aliphatic heterocycles. The van der Waals surface area contributed by atoms with Crippen molar-refractivity contribution in [1.82, 2.24) is 10.6 Å². The number of ether oxygens (including phenoxy) is 2. The number of nitrogens with one attached hydrogen (secondary N) is 2. The zero-order valence-corrected chi connectivity index (χ0v) is 24.7. The predicted octanol–water partition coefficient (Wildman–Crippen LogP) is 5.54. The number of carbonyl (C=O) groups is 1. The number of hydrogen-bond acceptors (Lipinski definition) is 6. The third-order valence-corrected chi connectivity index (χ3v) is 9.03. The lowest BCUT2D eigenvalue weighted by Crippen LogP contribution is -2.51. The van der Waals surface area contributed by atoms with Crippen molar-refractivity contribution in [3.8, 4) is 0 Å². The van der Waals surface area contributed by atoms with Gasteiger partial charge in [-0.25, -0.2) is 0 Å². The van der Waals surface area contributed by atoms with Crippen LogP contribution in [0.4, 0.5) is 0 Å². The molecule has 0 aliphatic carbocycles. The number of halogens is 2. The van der Waals surface area contributed by atoms with Crippen molar-refractivity contribution in [2.45, 2.75) is 82.9 Å². The van der Waals surface area contributed by atoms with Crippen LogP contribution in [0, 0.1) is 5.41 Å². The minimum absolute atomic E-state index is 0.00758. The molecule has 198 valence electrons. The number of carbonyl (C=O) groups excluding carboxylic acids is 1. The van der Waals surface area contributed by atoms with Gasteiger partial charge in [-0.2, -0.15) is 0 Å². The monoisotopic (exact) mass is 597 g/mol. The third kappa shape index (κ3) is 6.17. The molecule has 1 aromatic heterocycles. The molecule has 0 spiro atoms. The van der Waals surface area contributed by atoms with Crippen LogP contribution in [0.3, 0.4) is 0 Å². The van der Waals surface area contributed by atoms with Crippen molar-refractivity contribution in [2.75, 3.05) is 13.2 Å². The molecule has 1 amide bonds. The number of nitrogens with two attached hydrogens (primary N) is 1. The normalized spacial score (nSPS) is 30.0. The van der Waals surface area contributed by atoms with E-state index in [-0.39, 0.29) is 29.4 Å². The number of amides is 1. The number of hydrogen-bond donors (Lipinski definition) is 3. The van der Waals surface area contributed by atoms with Gasteiger partial charge < -0.3 is 25.8 Å². The SMILES string of the molecule is CC(C)(C)C[C@@H]1N[C@@H](C(=O)NCC[C@H]2COC(C)(C)O2)[C@H](c2cccc(Cl)c2)[C@@]1(N)c1cc(Br)cs1. The van der Waals surface area contributed by atoms with Crippen molar-refractivity contribution < 1.29 is 14.3 Å². The zero-order valence-electron chi connectivity index (χ0n) is 21.6. The van der Waals surface area contributed by atoms with E-state index in [9.17, 15) is 4.79 Å². The zero-order chi connectivity index (χ0) is 26.3. The van der Waals surface area contributed by atoms with Crippen LogP contribution in [0.1, 0.15) is 63.8 Å². The topological polar surface area (TPSA) is 85.6 Å². The summed E-state index contributed by atoms with van der Waals surface area (Å²) < 4.78 is 12.5. The Morgan fingerprint density at radius 3 is 2.67 bits per heavy atom. The van der Waals surface area contributed by atoms with Crippen LogP contribution in [0.25, 0.3) is 0 Å². The third-order valence-electron chi connectivity index (χ3n) is 6.94. The van der Waals surface area contributed by atoms with E-state index in [1.165, 1.54) is 0 Å². The van der Waals surface area contributed by atoms with Gasteiger partial charge in [0, 0.05) is 38.3 Å². The highest BCUT2D eigenvalue weighted by molar-refractivity contribution is 9.10. The molecule has 0 bridgehead atoms. The van der Waals surface area contributed by atoms with Gasteiger partial charge in [-0.3, -0.25) is 4.79 Å². The van der Waals surface area contributed by atoms with Crippen molar-refractivity contribution in [2.24, 2.45) is 11.1 Å². The van der Waals surface area contributed by atoms with E-state index in [1.807, 2.05) is 43.5 Å². The van der Waals surface area contributed by atoms with Gasteiger partial charge >= 0.3 is 0 Å². The number of thiophene rings is 1. The average Bonchev–Trinajstić information content (AvgIpc) is 3.43. The van der Waals surface area contributed by atoms with Crippen LogP contribution in [0.2, 0.25) is 5.02 Å². The minimum atomic E-state index is -0.802. The molecule has 0 unspecified atom stereocenters. The maximum absolute atomic E-state index is 13.7. The van der Waals surface area contributed by atoms with Gasteiger partial charge in [0.1, 0.15) is 0 Å². The minimum Gasteiger partial charge on any atom is -0.355 e. The van der Waals surface area contributed by atoms with Crippen molar-refractivity contribution in [3.63, 3.8) is 0 Å². The highest BCUT2D eigenvalue weighted by atomic mass is 79.9. The first-order chi connectivity index (χ1) is 16.8. The fourth-order valence-corrected chi connectivity index (χ4v) is 7.25. The van der Waals surface area contributed by atoms with E-state index < -0.39 is 17.4 Å². The highest BCUT2D eigenvalue weighted by Crippen LogP contribution is 2.50. The van der Waals surface area contributed by atoms with Gasteiger partial charge in [0.2, 0.25) is 5.91 Å². The van der Waals surface area contributed by atoms with E-state index in [1.54, 1.807) is 11.3 Å². The number of benzene rings is 1. The quantitative estimate of drug-likeness (QED) is 0.390. The Labute approximate surface area is 231 Å². The molecule has 1 aromatic carbocycles. The molecule has 36 heavy (non-hydrogen) atoms. The van der Waals surface area contributed by atoms with Crippen LogP contribution >= 0.6 is 38.9 Å². The summed E-state index contributed by atoms with van der Waals surface area (Å²) in [5, 5.41) is 9.47. The smallest absolute Gasteiger partial charge is 0.237 e. The van der Waals surface area contributed by atoms with Crippen molar-refractivity contribution >= 4 is 44.8 Å². The van der Waals surface area contributed by atoms with E-state index in [2.05, 4.69) is 53.4 Å². The standard InChI is InChI=1S/C27H37BrClN3O3S/c1-25(2,3)13-20-27(30,21-12-17(28)15-36-21)22(16-7-6-8-18(29)11-16)23(32-20)24(33)31-10-9-19-14-34-26(4,5)35-19/h6-8,11-12,15,19-20,22-23,32H,9-10,13-14,30H2,1-5H3,(H,31,33)/t19-,20-,22-,23+,27-/m0/s1. The summed E-state index contributed by atoms with van der Waals surface area (Å²) in [6.45, 7) is 11.4. The Kier molecular flexibility index (Phi) is 8.28. The summed E-state index contributed by atoms with van der Waals surface area (Å²) in [5.41, 5.74) is 7.58.